The Balaban J connectivity index is 2.42. The number of halogens is 2. The molecule has 2 aromatic rings. The number of hydrogen-bond donors (Lipinski definition) is 1. The second-order valence-corrected chi connectivity index (χ2v) is 6.13. The largest absolute Gasteiger partial charge is 0.481 e. The minimum absolute atomic E-state index is 0.0811. The second-order valence-electron chi connectivity index (χ2n) is 5.22. The Morgan fingerprint density at radius 2 is 1.95 bits per heavy atom. The summed E-state index contributed by atoms with van der Waals surface area (Å²) in [6, 6.07) is 6.92. The van der Waals surface area contributed by atoms with Crippen molar-refractivity contribution in [3.8, 4) is 0 Å². The molecule has 0 aliphatic rings. The molecule has 19 heavy (non-hydrogen) atoms. The molecule has 1 aromatic heterocycles. The van der Waals surface area contributed by atoms with Crippen LogP contribution >= 0.6 is 11.3 Å². The maximum Gasteiger partial charge on any atom is 0.309 e. The SMILES string of the molecule is CC(C)(CC(F)(F)c1csc2ccccc12)C(=O)O. The Labute approximate surface area is 113 Å². The molecule has 1 heterocycles. The standard InChI is InChI=1S/C14H14F2O2S/c1-13(2,12(17)18)8-14(15,16)10-7-19-11-6-4-3-5-9(10)11/h3-7H,8H2,1-2H3,(H,17,18). The number of thiophene rings is 1. The van der Waals surface area contributed by atoms with Gasteiger partial charge in [-0.05, 0) is 19.9 Å². The van der Waals surface area contributed by atoms with Crippen LogP contribution in [0, 0.1) is 5.41 Å². The molecule has 5 heteroatoms. The van der Waals surface area contributed by atoms with Gasteiger partial charge in [0.05, 0.1) is 5.41 Å². The predicted octanol–water partition coefficient (Wildman–Crippen LogP) is 4.49. The minimum Gasteiger partial charge on any atom is -0.481 e. The van der Waals surface area contributed by atoms with E-state index in [0.29, 0.717) is 5.39 Å². The smallest absolute Gasteiger partial charge is 0.309 e. The lowest BCUT2D eigenvalue weighted by molar-refractivity contribution is -0.153. The number of fused-ring (bicyclic) bond motifs is 1. The van der Waals surface area contributed by atoms with Gasteiger partial charge in [-0.25, -0.2) is 8.78 Å². The fraction of sp³-hybridized carbons (Fsp3) is 0.357. The molecule has 0 spiro atoms. The second kappa shape index (κ2) is 4.56. The lowest BCUT2D eigenvalue weighted by Crippen LogP contribution is -2.31. The maximum atomic E-state index is 14.3. The number of alkyl halides is 2. The van der Waals surface area contributed by atoms with Crippen LogP contribution in [0.2, 0.25) is 0 Å². The number of aliphatic carboxylic acids is 1. The highest BCUT2D eigenvalue weighted by molar-refractivity contribution is 7.17. The summed E-state index contributed by atoms with van der Waals surface area (Å²) in [7, 11) is 0. The van der Waals surface area contributed by atoms with Crippen molar-refractivity contribution in [3.05, 3.63) is 35.2 Å². The average Bonchev–Trinajstić information content (AvgIpc) is 2.71. The van der Waals surface area contributed by atoms with Crippen LogP contribution in [0.5, 0.6) is 0 Å². The van der Waals surface area contributed by atoms with Crippen LogP contribution < -0.4 is 0 Å². The molecule has 0 fully saturated rings. The Kier molecular flexibility index (Phi) is 3.34. The molecule has 0 aliphatic carbocycles. The van der Waals surface area contributed by atoms with E-state index in [1.807, 2.05) is 0 Å². The Bertz CT molecular complexity index is 617. The molecule has 102 valence electrons. The molecule has 1 aromatic carbocycles. The summed E-state index contributed by atoms with van der Waals surface area (Å²) in [5, 5.41) is 10.9. The van der Waals surface area contributed by atoms with Gasteiger partial charge in [-0.1, -0.05) is 18.2 Å². The van der Waals surface area contributed by atoms with E-state index in [9.17, 15) is 13.6 Å². The topological polar surface area (TPSA) is 37.3 Å². The fourth-order valence-electron chi connectivity index (χ4n) is 1.99. The lowest BCUT2D eigenvalue weighted by Gasteiger charge is -2.25. The molecule has 0 amide bonds. The summed E-state index contributed by atoms with van der Waals surface area (Å²) < 4.78 is 29.4. The van der Waals surface area contributed by atoms with E-state index in [4.69, 9.17) is 5.11 Å². The van der Waals surface area contributed by atoms with Crippen molar-refractivity contribution in [1.29, 1.82) is 0 Å². The van der Waals surface area contributed by atoms with Gasteiger partial charge in [-0.15, -0.1) is 11.3 Å². The number of carbonyl (C=O) groups is 1. The molecule has 1 N–H and O–H groups in total. The third-order valence-electron chi connectivity index (χ3n) is 3.12. The highest BCUT2D eigenvalue weighted by atomic mass is 32.1. The highest BCUT2D eigenvalue weighted by Gasteiger charge is 2.43. The van der Waals surface area contributed by atoms with Crippen molar-refractivity contribution in [2.45, 2.75) is 26.2 Å². The van der Waals surface area contributed by atoms with Crippen LogP contribution in [0.3, 0.4) is 0 Å². The number of benzene rings is 1. The summed E-state index contributed by atoms with van der Waals surface area (Å²) in [6.45, 7) is 2.63. The van der Waals surface area contributed by atoms with Crippen LogP contribution in [0.1, 0.15) is 25.8 Å². The minimum atomic E-state index is -3.15. The van der Waals surface area contributed by atoms with Crippen LogP contribution in [-0.4, -0.2) is 11.1 Å². The van der Waals surface area contributed by atoms with Crippen LogP contribution in [0.25, 0.3) is 10.1 Å². The van der Waals surface area contributed by atoms with Gasteiger partial charge in [0.25, 0.3) is 5.92 Å². The van der Waals surface area contributed by atoms with E-state index in [-0.39, 0.29) is 5.56 Å². The molecule has 0 saturated carbocycles. The summed E-state index contributed by atoms with van der Waals surface area (Å²) in [4.78, 5) is 11.0. The van der Waals surface area contributed by atoms with Crippen molar-refractivity contribution < 1.29 is 18.7 Å². The van der Waals surface area contributed by atoms with Crippen LogP contribution in [0.15, 0.2) is 29.6 Å². The van der Waals surface area contributed by atoms with Crippen molar-refractivity contribution >= 4 is 27.4 Å². The molecule has 0 unspecified atom stereocenters. The molecule has 0 saturated heterocycles. The van der Waals surface area contributed by atoms with Gasteiger partial charge in [-0.3, -0.25) is 4.79 Å². The molecule has 0 atom stereocenters. The van der Waals surface area contributed by atoms with Gasteiger partial charge in [0.1, 0.15) is 0 Å². The quantitative estimate of drug-likeness (QED) is 0.898. The third-order valence-corrected chi connectivity index (χ3v) is 4.08. The summed E-state index contributed by atoms with van der Waals surface area (Å²) in [5.41, 5.74) is -1.55. The van der Waals surface area contributed by atoms with Crippen molar-refractivity contribution in [2.75, 3.05) is 0 Å². The monoisotopic (exact) mass is 284 g/mol. The molecule has 0 radical (unpaired) electrons. The van der Waals surface area contributed by atoms with Crippen molar-refractivity contribution in [3.63, 3.8) is 0 Å². The molecule has 0 bridgehead atoms. The number of rotatable bonds is 4. The first kappa shape index (κ1) is 13.9. The number of carboxylic acid groups (broad SMARTS) is 1. The van der Waals surface area contributed by atoms with Gasteiger partial charge >= 0.3 is 5.97 Å². The van der Waals surface area contributed by atoms with E-state index in [1.165, 1.54) is 30.6 Å². The first-order valence-electron chi connectivity index (χ1n) is 5.82. The normalized spacial score (nSPS) is 12.8. The maximum absolute atomic E-state index is 14.3. The van der Waals surface area contributed by atoms with Gasteiger partial charge in [0.15, 0.2) is 0 Å². The van der Waals surface area contributed by atoms with Crippen molar-refractivity contribution in [1.82, 2.24) is 0 Å². The predicted molar refractivity (Wildman–Crippen MR) is 71.8 cm³/mol. The zero-order valence-corrected chi connectivity index (χ0v) is 11.4. The molecule has 2 rings (SSSR count). The summed E-state index contributed by atoms with van der Waals surface area (Å²) >= 11 is 1.25. The first-order chi connectivity index (χ1) is 8.74. The Morgan fingerprint density at radius 3 is 2.58 bits per heavy atom. The van der Waals surface area contributed by atoms with Crippen LogP contribution in [-0.2, 0) is 10.7 Å². The average molecular weight is 284 g/mol. The van der Waals surface area contributed by atoms with Crippen molar-refractivity contribution in [2.24, 2.45) is 5.41 Å². The van der Waals surface area contributed by atoms with E-state index in [2.05, 4.69) is 0 Å². The van der Waals surface area contributed by atoms with Crippen LogP contribution in [0.4, 0.5) is 8.78 Å². The van der Waals surface area contributed by atoms with Gasteiger partial charge in [0.2, 0.25) is 0 Å². The van der Waals surface area contributed by atoms with E-state index >= 15 is 0 Å². The molecular weight excluding hydrogens is 270 g/mol. The zero-order chi connectivity index (χ0) is 14.3. The lowest BCUT2D eigenvalue weighted by atomic mass is 9.84. The molecular formula is C14H14F2O2S. The Hall–Kier alpha value is -1.49. The van der Waals surface area contributed by atoms with E-state index in [0.717, 1.165) is 4.70 Å². The molecule has 2 nitrogen and oxygen atoms in total. The van der Waals surface area contributed by atoms with E-state index < -0.39 is 23.7 Å². The van der Waals surface area contributed by atoms with Gasteiger partial charge in [0, 0.05) is 27.5 Å². The summed E-state index contributed by atoms with van der Waals surface area (Å²) in [6.07, 6.45) is -0.712. The van der Waals surface area contributed by atoms with Gasteiger partial charge in [-0.2, -0.15) is 0 Å². The Morgan fingerprint density at radius 1 is 1.32 bits per heavy atom. The van der Waals surface area contributed by atoms with Gasteiger partial charge < -0.3 is 5.11 Å². The highest BCUT2D eigenvalue weighted by Crippen LogP contribution is 2.44. The number of hydrogen-bond acceptors (Lipinski definition) is 2. The first-order valence-corrected chi connectivity index (χ1v) is 6.70. The fourth-order valence-corrected chi connectivity index (χ4v) is 2.99. The molecule has 0 aliphatic heterocycles. The third kappa shape index (κ3) is 2.61. The summed E-state index contributed by atoms with van der Waals surface area (Å²) in [5.74, 6) is -4.37. The van der Waals surface area contributed by atoms with E-state index in [1.54, 1.807) is 24.3 Å². The zero-order valence-electron chi connectivity index (χ0n) is 10.6. The number of carboxylic acids is 1.